The summed E-state index contributed by atoms with van der Waals surface area (Å²) in [5.41, 5.74) is 2.52. The first kappa shape index (κ1) is 21.2. The van der Waals surface area contributed by atoms with E-state index in [1.807, 2.05) is 30.3 Å². The SMILES string of the molecule is CCOC(=O)c1c(-c2ccccc2)c(C(=O)c2ccccc2O)n(Cc2ccco2)c1C. The fourth-order valence-electron chi connectivity index (χ4n) is 3.86. The first-order valence-corrected chi connectivity index (χ1v) is 10.3. The third kappa shape index (κ3) is 3.83. The van der Waals surface area contributed by atoms with Crippen molar-refractivity contribution < 1.29 is 23.8 Å². The van der Waals surface area contributed by atoms with Crippen molar-refractivity contribution in [1.29, 1.82) is 0 Å². The standard InChI is InChI=1S/C26H23NO5/c1-3-31-26(30)22-17(2)27(16-19-12-9-15-32-19)24(23(22)18-10-5-4-6-11-18)25(29)20-13-7-8-14-21(20)28/h4-15,28H,3,16H2,1-2H3. The Kier molecular flexibility index (Phi) is 5.94. The van der Waals surface area contributed by atoms with Crippen molar-refractivity contribution in [1.82, 2.24) is 4.57 Å². The number of phenolic OH excluding ortho intramolecular Hbond substituents is 1. The molecule has 162 valence electrons. The van der Waals surface area contributed by atoms with Gasteiger partial charge >= 0.3 is 5.97 Å². The minimum atomic E-state index is -0.506. The van der Waals surface area contributed by atoms with Crippen molar-refractivity contribution in [3.05, 3.63) is 101 Å². The van der Waals surface area contributed by atoms with Gasteiger partial charge in [0.15, 0.2) is 0 Å². The van der Waals surface area contributed by atoms with Gasteiger partial charge in [-0.2, -0.15) is 0 Å². The smallest absolute Gasteiger partial charge is 0.340 e. The lowest BCUT2D eigenvalue weighted by Gasteiger charge is -2.12. The van der Waals surface area contributed by atoms with Crippen LogP contribution in [0.3, 0.4) is 0 Å². The van der Waals surface area contributed by atoms with Crippen molar-refractivity contribution in [2.24, 2.45) is 0 Å². The number of phenols is 1. The summed E-state index contributed by atoms with van der Waals surface area (Å²) in [6.45, 7) is 3.97. The lowest BCUT2D eigenvalue weighted by atomic mass is 9.96. The molecule has 0 fully saturated rings. The van der Waals surface area contributed by atoms with Gasteiger partial charge in [0.25, 0.3) is 0 Å². The number of esters is 1. The van der Waals surface area contributed by atoms with Crippen LogP contribution >= 0.6 is 0 Å². The minimum absolute atomic E-state index is 0.127. The molecule has 32 heavy (non-hydrogen) atoms. The number of rotatable bonds is 7. The van der Waals surface area contributed by atoms with Crippen molar-refractivity contribution in [3.63, 3.8) is 0 Å². The van der Waals surface area contributed by atoms with Gasteiger partial charge in [-0.15, -0.1) is 0 Å². The zero-order chi connectivity index (χ0) is 22.7. The van der Waals surface area contributed by atoms with Crippen LogP contribution in [0.5, 0.6) is 5.75 Å². The number of aromatic hydroxyl groups is 1. The predicted molar refractivity (Wildman–Crippen MR) is 120 cm³/mol. The van der Waals surface area contributed by atoms with Crippen LogP contribution < -0.4 is 0 Å². The van der Waals surface area contributed by atoms with Crippen LogP contribution in [0.2, 0.25) is 0 Å². The molecule has 1 N–H and O–H groups in total. The van der Waals surface area contributed by atoms with E-state index < -0.39 is 11.8 Å². The zero-order valence-electron chi connectivity index (χ0n) is 17.9. The molecule has 0 saturated carbocycles. The molecule has 2 aromatic heterocycles. The number of ketones is 1. The Hall–Kier alpha value is -4.06. The van der Waals surface area contributed by atoms with Crippen LogP contribution in [0, 0.1) is 6.92 Å². The number of benzene rings is 2. The first-order chi connectivity index (χ1) is 15.5. The fraction of sp³-hybridized carbons (Fsp3) is 0.154. The van der Waals surface area contributed by atoms with Gasteiger partial charge in [-0.25, -0.2) is 4.79 Å². The molecular weight excluding hydrogens is 406 g/mol. The second-order valence-electron chi connectivity index (χ2n) is 7.28. The van der Waals surface area contributed by atoms with Gasteiger partial charge in [-0.1, -0.05) is 42.5 Å². The van der Waals surface area contributed by atoms with Crippen LogP contribution in [0.4, 0.5) is 0 Å². The molecular formula is C26H23NO5. The van der Waals surface area contributed by atoms with E-state index in [2.05, 4.69) is 0 Å². The Balaban J connectivity index is 2.04. The predicted octanol–water partition coefficient (Wildman–Crippen LogP) is 5.22. The average molecular weight is 429 g/mol. The minimum Gasteiger partial charge on any atom is -0.507 e. The van der Waals surface area contributed by atoms with Crippen LogP contribution in [-0.4, -0.2) is 28.0 Å². The number of nitrogens with zero attached hydrogens (tertiary/aromatic N) is 1. The van der Waals surface area contributed by atoms with Gasteiger partial charge in [0.05, 0.1) is 36.2 Å². The molecule has 0 bridgehead atoms. The van der Waals surface area contributed by atoms with E-state index in [0.717, 1.165) is 0 Å². The van der Waals surface area contributed by atoms with E-state index in [1.54, 1.807) is 55.0 Å². The van der Waals surface area contributed by atoms with Crippen LogP contribution in [0.1, 0.15) is 44.8 Å². The molecule has 0 amide bonds. The van der Waals surface area contributed by atoms with Gasteiger partial charge in [0, 0.05) is 11.3 Å². The molecule has 0 aliphatic carbocycles. The Morgan fingerprint density at radius 2 is 1.72 bits per heavy atom. The molecule has 2 heterocycles. The van der Waals surface area contributed by atoms with E-state index in [0.29, 0.717) is 28.1 Å². The summed E-state index contributed by atoms with van der Waals surface area (Å²) in [7, 11) is 0. The highest BCUT2D eigenvalue weighted by atomic mass is 16.5. The second-order valence-corrected chi connectivity index (χ2v) is 7.28. The summed E-state index contributed by atoms with van der Waals surface area (Å²) < 4.78 is 12.6. The highest BCUT2D eigenvalue weighted by Crippen LogP contribution is 2.36. The highest BCUT2D eigenvalue weighted by Gasteiger charge is 2.32. The van der Waals surface area contributed by atoms with E-state index in [9.17, 15) is 14.7 Å². The number of aromatic nitrogens is 1. The number of para-hydroxylation sites is 1. The Labute approximate surface area is 185 Å². The Morgan fingerprint density at radius 1 is 1.00 bits per heavy atom. The number of furan rings is 1. The summed E-state index contributed by atoms with van der Waals surface area (Å²) in [5.74, 6) is -0.400. The van der Waals surface area contributed by atoms with Gasteiger partial charge < -0.3 is 18.8 Å². The molecule has 0 radical (unpaired) electrons. The Bertz CT molecular complexity index is 1250. The van der Waals surface area contributed by atoms with E-state index >= 15 is 0 Å². The van der Waals surface area contributed by atoms with Crippen molar-refractivity contribution >= 4 is 11.8 Å². The summed E-state index contributed by atoms with van der Waals surface area (Å²) in [6, 6.07) is 19.2. The second kappa shape index (κ2) is 8.98. The lowest BCUT2D eigenvalue weighted by Crippen LogP contribution is -2.13. The molecule has 0 atom stereocenters. The van der Waals surface area contributed by atoms with Crippen LogP contribution in [0.25, 0.3) is 11.1 Å². The summed E-state index contributed by atoms with van der Waals surface area (Å²) >= 11 is 0. The molecule has 6 nitrogen and oxygen atoms in total. The van der Waals surface area contributed by atoms with Crippen LogP contribution in [0.15, 0.2) is 77.4 Å². The first-order valence-electron chi connectivity index (χ1n) is 10.3. The molecule has 0 unspecified atom stereocenters. The average Bonchev–Trinajstić information content (AvgIpc) is 3.41. The molecule has 0 aliphatic heterocycles. The third-order valence-corrected chi connectivity index (χ3v) is 5.32. The number of hydrogen-bond donors (Lipinski definition) is 1. The number of hydrogen-bond acceptors (Lipinski definition) is 5. The quantitative estimate of drug-likeness (QED) is 0.322. The number of carbonyl (C=O) groups is 2. The maximum Gasteiger partial charge on any atom is 0.340 e. The van der Waals surface area contributed by atoms with E-state index in [1.165, 1.54) is 6.07 Å². The third-order valence-electron chi connectivity index (χ3n) is 5.32. The molecule has 2 aromatic carbocycles. The van der Waals surface area contributed by atoms with Gasteiger partial charge in [0.1, 0.15) is 11.5 Å². The molecule has 6 heteroatoms. The summed E-state index contributed by atoms with van der Waals surface area (Å²) in [4.78, 5) is 26.8. The number of carbonyl (C=O) groups excluding carboxylic acids is 2. The molecule has 0 spiro atoms. The van der Waals surface area contributed by atoms with Crippen molar-refractivity contribution in [3.8, 4) is 16.9 Å². The van der Waals surface area contributed by atoms with E-state index in [-0.39, 0.29) is 30.2 Å². The van der Waals surface area contributed by atoms with Gasteiger partial charge in [0.2, 0.25) is 5.78 Å². The summed E-state index contributed by atoms with van der Waals surface area (Å²) in [5, 5.41) is 10.4. The maximum absolute atomic E-state index is 13.8. The zero-order valence-corrected chi connectivity index (χ0v) is 17.9. The van der Waals surface area contributed by atoms with Crippen molar-refractivity contribution in [2.45, 2.75) is 20.4 Å². The normalized spacial score (nSPS) is 10.8. The molecule has 0 aliphatic rings. The van der Waals surface area contributed by atoms with Crippen LogP contribution in [-0.2, 0) is 11.3 Å². The Morgan fingerprint density at radius 3 is 2.38 bits per heavy atom. The van der Waals surface area contributed by atoms with Gasteiger partial charge in [-0.3, -0.25) is 4.79 Å². The highest BCUT2D eigenvalue weighted by molar-refractivity contribution is 6.16. The fourth-order valence-corrected chi connectivity index (χ4v) is 3.86. The van der Waals surface area contributed by atoms with Gasteiger partial charge in [-0.05, 0) is 43.7 Å². The van der Waals surface area contributed by atoms with Crippen molar-refractivity contribution in [2.75, 3.05) is 6.61 Å². The summed E-state index contributed by atoms with van der Waals surface area (Å²) in [6.07, 6.45) is 1.56. The monoisotopic (exact) mass is 429 g/mol. The van der Waals surface area contributed by atoms with E-state index in [4.69, 9.17) is 9.15 Å². The number of ether oxygens (including phenoxy) is 1. The molecule has 4 aromatic rings. The molecule has 4 rings (SSSR count). The largest absolute Gasteiger partial charge is 0.507 e. The lowest BCUT2D eigenvalue weighted by molar-refractivity contribution is 0.0526. The maximum atomic E-state index is 13.8. The molecule has 0 saturated heterocycles. The topological polar surface area (TPSA) is 81.7 Å².